The van der Waals surface area contributed by atoms with E-state index < -0.39 is 10.0 Å². The molecule has 0 bridgehead atoms. The molecule has 1 aromatic carbocycles. The molecule has 1 aliphatic rings. The molecule has 30 heavy (non-hydrogen) atoms. The summed E-state index contributed by atoms with van der Waals surface area (Å²) in [5, 5.41) is 11.0. The number of likely N-dealkylation sites (tertiary alicyclic amines) is 1. The number of amides is 2. The molecule has 0 aromatic heterocycles. The molecule has 2 rings (SSSR count). The Morgan fingerprint density at radius 2 is 1.93 bits per heavy atom. The van der Waals surface area contributed by atoms with E-state index in [0.29, 0.717) is 18.8 Å². The van der Waals surface area contributed by atoms with Crippen LogP contribution in [0.4, 0.5) is 5.69 Å². The topological polar surface area (TPSA) is 122 Å². The van der Waals surface area contributed by atoms with Crippen LogP contribution in [-0.4, -0.2) is 50.8 Å². The summed E-state index contributed by atoms with van der Waals surface area (Å²) in [7, 11) is -3.87. The quantitative estimate of drug-likeness (QED) is 0.535. The minimum absolute atomic E-state index is 0.0314. The van der Waals surface area contributed by atoms with Crippen LogP contribution >= 0.6 is 0 Å². The summed E-state index contributed by atoms with van der Waals surface area (Å²) in [5.41, 5.74) is 1.95. The van der Waals surface area contributed by atoms with Crippen LogP contribution in [0.15, 0.2) is 17.0 Å². The second-order valence-electron chi connectivity index (χ2n) is 8.20. The van der Waals surface area contributed by atoms with Gasteiger partial charge in [0.05, 0.1) is 17.4 Å². The molecule has 1 fully saturated rings. The number of nitrogens with one attached hydrogen (secondary N) is 2. The molecule has 0 radical (unpaired) electrons. The van der Waals surface area contributed by atoms with E-state index in [9.17, 15) is 18.0 Å². The lowest BCUT2D eigenvalue weighted by atomic mass is 9.92. The van der Waals surface area contributed by atoms with Gasteiger partial charge in [-0.15, -0.1) is 0 Å². The fraction of sp³-hybridized carbons (Fsp3) is 0.619. The normalized spacial score (nSPS) is 20.0. The third-order valence-electron chi connectivity index (χ3n) is 5.80. The average Bonchev–Trinajstić information content (AvgIpc) is 2.66. The maximum atomic E-state index is 12.7. The van der Waals surface area contributed by atoms with Crippen LogP contribution in [0.3, 0.4) is 0 Å². The number of piperidine rings is 1. The van der Waals surface area contributed by atoms with Gasteiger partial charge in [-0.2, -0.15) is 0 Å². The van der Waals surface area contributed by atoms with E-state index in [4.69, 9.17) is 5.14 Å². The number of carbonyl (C=O) groups is 2. The van der Waals surface area contributed by atoms with Crippen molar-refractivity contribution in [2.45, 2.75) is 64.3 Å². The number of nitrogens with zero attached hydrogens (tertiary/aromatic N) is 1. The van der Waals surface area contributed by atoms with E-state index in [1.165, 1.54) is 12.1 Å². The van der Waals surface area contributed by atoms with Crippen molar-refractivity contribution in [3.05, 3.63) is 23.3 Å². The second kappa shape index (κ2) is 10.4. The number of unbranched alkanes of at least 4 members (excludes halogenated alkanes) is 1. The van der Waals surface area contributed by atoms with Crippen molar-refractivity contribution in [2.75, 3.05) is 25.0 Å². The Labute approximate surface area is 179 Å². The van der Waals surface area contributed by atoms with E-state index in [2.05, 4.69) is 24.5 Å². The third-order valence-corrected chi connectivity index (χ3v) is 6.69. The fourth-order valence-electron chi connectivity index (χ4n) is 3.64. The molecular weight excluding hydrogens is 404 g/mol. The number of aryl methyl sites for hydroxylation is 1. The van der Waals surface area contributed by atoms with Crippen molar-refractivity contribution >= 4 is 27.5 Å². The number of hydrogen-bond acceptors (Lipinski definition) is 5. The number of primary sulfonamides is 1. The van der Waals surface area contributed by atoms with Gasteiger partial charge in [0.15, 0.2) is 0 Å². The molecule has 1 aromatic rings. The largest absolute Gasteiger partial charge is 0.356 e. The average molecular weight is 439 g/mol. The highest BCUT2D eigenvalue weighted by Gasteiger charge is 2.30. The Morgan fingerprint density at radius 1 is 1.23 bits per heavy atom. The Morgan fingerprint density at radius 3 is 2.57 bits per heavy atom. The molecule has 2 unspecified atom stereocenters. The first kappa shape index (κ1) is 24.3. The summed E-state index contributed by atoms with van der Waals surface area (Å²) in [6, 6.07) is 3.07. The third kappa shape index (κ3) is 6.52. The molecule has 2 amide bonds. The van der Waals surface area contributed by atoms with Crippen LogP contribution in [0, 0.1) is 19.8 Å². The van der Waals surface area contributed by atoms with Gasteiger partial charge >= 0.3 is 0 Å². The molecule has 1 heterocycles. The molecule has 8 nitrogen and oxygen atoms in total. The summed E-state index contributed by atoms with van der Waals surface area (Å²) in [5.74, 6) is -0.323. The summed E-state index contributed by atoms with van der Waals surface area (Å²) in [6.45, 7) is 9.07. The minimum Gasteiger partial charge on any atom is -0.356 e. The molecule has 168 valence electrons. The Kier molecular flexibility index (Phi) is 8.40. The number of hydrogen-bond donors (Lipinski definition) is 3. The first-order chi connectivity index (χ1) is 14.0. The highest BCUT2D eigenvalue weighted by Crippen LogP contribution is 2.25. The summed E-state index contributed by atoms with van der Waals surface area (Å²) >= 11 is 0. The zero-order valence-corrected chi connectivity index (χ0v) is 19.1. The molecule has 9 heteroatoms. The first-order valence-electron chi connectivity index (χ1n) is 10.5. The SMILES string of the molecule is CCCCNC(=O)C1CCC(C)N(CC(=O)Nc2cc(S(N)(=O)=O)cc(C)c2C)C1. The van der Waals surface area contributed by atoms with E-state index in [1.807, 2.05) is 11.8 Å². The van der Waals surface area contributed by atoms with Crippen molar-refractivity contribution in [1.82, 2.24) is 10.2 Å². The van der Waals surface area contributed by atoms with Gasteiger partial charge in [-0.1, -0.05) is 13.3 Å². The Bertz CT molecular complexity index is 885. The highest BCUT2D eigenvalue weighted by atomic mass is 32.2. The molecule has 1 aliphatic heterocycles. The van der Waals surface area contributed by atoms with Crippen LogP contribution in [0.25, 0.3) is 0 Å². The monoisotopic (exact) mass is 438 g/mol. The number of nitrogens with two attached hydrogens (primary N) is 1. The zero-order valence-electron chi connectivity index (χ0n) is 18.3. The highest BCUT2D eigenvalue weighted by molar-refractivity contribution is 7.89. The van der Waals surface area contributed by atoms with Crippen LogP contribution < -0.4 is 15.8 Å². The van der Waals surface area contributed by atoms with E-state index >= 15 is 0 Å². The van der Waals surface area contributed by atoms with Crippen molar-refractivity contribution in [3.63, 3.8) is 0 Å². The van der Waals surface area contributed by atoms with Crippen molar-refractivity contribution < 1.29 is 18.0 Å². The lowest BCUT2D eigenvalue weighted by molar-refractivity contribution is -0.128. The fourth-order valence-corrected chi connectivity index (χ4v) is 4.26. The lowest BCUT2D eigenvalue weighted by Gasteiger charge is -2.36. The second-order valence-corrected chi connectivity index (χ2v) is 9.76. The maximum absolute atomic E-state index is 12.7. The van der Waals surface area contributed by atoms with Gasteiger partial charge in [-0.05, 0) is 63.3 Å². The van der Waals surface area contributed by atoms with Gasteiger partial charge in [-0.25, -0.2) is 13.6 Å². The maximum Gasteiger partial charge on any atom is 0.238 e. The molecule has 0 aliphatic carbocycles. The number of sulfonamides is 1. The van der Waals surface area contributed by atoms with Gasteiger partial charge in [-0.3, -0.25) is 14.5 Å². The van der Waals surface area contributed by atoms with Crippen LogP contribution in [-0.2, 0) is 19.6 Å². The number of anilines is 1. The zero-order chi connectivity index (χ0) is 22.5. The Balaban J connectivity index is 2.04. The van der Waals surface area contributed by atoms with Crippen molar-refractivity contribution in [2.24, 2.45) is 11.1 Å². The molecule has 4 N–H and O–H groups in total. The van der Waals surface area contributed by atoms with Gasteiger partial charge in [0.25, 0.3) is 0 Å². The minimum atomic E-state index is -3.87. The van der Waals surface area contributed by atoms with Crippen molar-refractivity contribution in [1.29, 1.82) is 0 Å². The molecule has 0 spiro atoms. The predicted molar refractivity (Wildman–Crippen MR) is 118 cm³/mol. The standard InChI is InChI=1S/C21H34N4O4S/c1-5-6-9-23-21(27)17-8-7-15(3)25(12-17)13-20(26)24-19-11-18(30(22,28)29)10-14(2)16(19)4/h10-11,15,17H,5-9,12-13H2,1-4H3,(H,23,27)(H,24,26)(H2,22,28,29). The summed E-state index contributed by atoms with van der Waals surface area (Å²) in [4.78, 5) is 27.1. The molecule has 1 saturated heterocycles. The van der Waals surface area contributed by atoms with E-state index in [0.717, 1.165) is 36.8 Å². The van der Waals surface area contributed by atoms with Gasteiger partial charge in [0, 0.05) is 24.8 Å². The van der Waals surface area contributed by atoms with Gasteiger partial charge in [0.2, 0.25) is 21.8 Å². The van der Waals surface area contributed by atoms with Gasteiger partial charge < -0.3 is 10.6 Å². The predicted octanol–water partition coefficient (Wildman–Crippen LogP) is 1.91. The molecule has 0 saturated carbocycles. The summed E-state index contributed by atoms with van der Waals surface area (Å²) in [6.07, 6.45) is 3.64. The van der Waals surface area contributed by atoms with Gasteiger partial charge in [0.1, 0.15) is 0 Å². The van der Waals surface area contributed by atoms with Crippen LogP contribution in [0.5, 0.6) is 0 Å². The molecular formula is C21H34N4O4S. The number of carbonyl (C=O) groups excluding carboxylic acids is 2. The summed E-state index contributed by atoms with van der Waals surface area (Å²) < 4.78 is 23.4. The lowest BCUT2D eigenvalue weighted by Crippen LogP contribution is -2.49. The van der Waals surface area contributed by atoms with E-state index in [-0.39, 0.29) is 35.2 Å². The van der Waals surface area contributed by atoms with E-state index in [1.54, 1.807) is 6.92 Å². The number of benzene rings is 1. The van der Waals surface area contributed by atoms with Crippen LogP contribution in [0.1, 0.15) is 50.7 Å². The smallest absolute Gasteiger partial charge is 0.238 e. The number of rotatable bonds is 8. The van der Waals surface area contributed by atoms with Crippen molar-refractivity contribution in [3.8, 4) is 0 Å². The first-order valence-corrected chi connectivity index (χ1v) is 12.0. The van der Waals surface area contributed by atoms with Crippen LogP contribution in [0.2, 0.25) is 0 Å². The Hall–Kier alpha value is -1.97. The molecule has 2 atom stereocenters.